The second-order valence-corrected chi connectivity index (χ2v) is 30.4. The summed E-state index contributed by atoms with van der Waals surface area (Å²) in [7, 11) is 0. The van der Waals surface area contributed by atoms with Gasteiger partial charge in [0.25, 0.3) is 0 Å². The predicted molar refractivity (Wildman–Crippen MR) is 469 cm³/mol. The minimum Gasteiger partial charge on any atom is -0.394 e. The average molecular weight is 1840 g/mol. The molecule has 0 aromatic heterocycles. The monoisotopic (exact) mass is 1840 g/mol. The minimum atomic E-state index is -1.85. The van der Waals surface area contributed by atoms with Gasteiger partial charge in [-0.3, -0.25) is 106 Å². The van der Waals surface area contributed by atoms with E-state index in [2.05, 4.69) is 100 Å². The van der Waals surface area contributed by atoms with Crippen LogP contribution in [0.1, 0.15) is 136 Å². The van der Waals surface area contributed by atoms with Crippen molar-refractivity contribution in [3.8, 4) is 0 Å². The first-order chi connectivity index (χ1) is 61.3. The summed E-state index contributed by atoms with van der Waals surface area (Å²) in [4.78, 5) is 275. The van der Waals surface area contributed by atoms with Crippen LogP contribution in [0.3, 0.4) is 0 Å². The quantitative estimate of drug-likeness (QED) is 0.0166. The van der Waals surface area contributed by atoms with E-state index in [0.717, 1.165) is 19.4 Å². The maximum atomic E-state index is 14.3. The van der Waals surface area contributed by atoms with E-state index in [1.54, 1.807) is 60.7 Å². The van der Waals surface area contributed by atoms with Gasteiger partial charge >= 0.3 is 0 Å². The molecule has 2 aromatic carbocycles. The summed E-state index contributed by atoms with van der Waals surface area (Å²) < 4.78 is 0. The van der Waals surface area contributed by atoms with Crippen molar-refractivity contribution in [2.45, 2.75) is 235 Å². The third-order valence-electron chi connectivity index (χ3n) is 19.2. The lowest BCUT2D eigenvalue weighted by Crippen LogP contribution is -2.60. The van der Waals surface area contributed by atoms with Crippen LogP contribution in [0.25, 0.3) is 0 Å². The number of nitrogens with zero attached hydrogens (tertiary/aromatic N) is 2. The number of unbranched alkanes of at least 4 members (excludes halogenated alkanes) is 2. The maximum absolute atomic E-state index is 14.3. The van der Waals surface area contributed by atoms with E-state index in [1.165, 1.54) is 27.7 Å². The van der Waals surface area contributed by atoms with Gasteiger partial charge in [0.2, 0.25) is 118 Å². The molecule has 2 rings (SSSR count). The zero-order chi connectivity index (χ0) is 97.9. The zero-order valence-corrected chi connectivity index (χ0v) is 73.5. The van der Waals surface area contributed by atoms with Crippen molar-refractivity contribution in [1.82, 2.24) is 90.4 Å². The number of guanidine groups is 2. The highest BCUT2D eigenvalue weighted by Gasteiger charge is 2.37. The first-order valence-electron chi connectivity index (χ1n) is 41.9. The number of carbonyl (C=O) groups is 20. The van der Waals surface area contributed by atoms with Gasteiger partial charge in [-0.1, -0.05) is 60.7 Å². The Hall–Kier alpha value is -13.8. The highest BCUT2D eigenvalue weighted by atomic mass is 16.3. The number of hydrogen-bond acceptors (Lipinski definition) is 27. The second-order valence-electron chi connectivity index (χ2n) is 30.4. The molecular formula is C79H129N29O22. The molecule has 16 atom stereocenters. The van der Waals surface area contributed by atoms with Crippen molar-refractivity contribution in [3.63, 3.8) is 0 Å². The Morgan fingerprint density at radius 1 is 0.331 bits per heavy atom. The number of aliphatic hydroxyl groups excluding tert-OH is 2. The fourth-order valence-corrected chi connectivity index (χ4v) is 11.9. The molecule has 0 heterocycles. The number of hydrogen-bond donors (Lipinski definition) is 29. The van der Waals surface area contributed by atoms with E-state index in [0.29, 0.717) is 18.4 Å². The lowest BCUT2D eigenvalue weighted by Gasteiger charge is -2.27. The van der Waals surface area contributed by atoms with Crippen LogP contribution in [-0.2, 0) is 109 Å². The second kappa shape index (κ2) is 60.0. The summed E-state index contributed by atoms with van der Waals surface area (Å²) in [6.45, 7) is 4.04. The number of carbonyl (C=O) groups excluding carboxylic acids is 20. The smallest absolute Gasteiger partial charge is 0.245 e. The molecule has 0 spiro atoms. The van der Waals surface area contributed by atoms with Crippen molar-refractivity contribution in [3.05, 3.63) is 71.8 Å². The first-order valence-corrected chi connectivity index (χ1v) is 41.9. The van der Waals surface area contributed by atoms with Crippen LogP contribution < -0.4 is 148 Å². The number of aliphatic hydroxyl groups is 2. The number of amides is 20. The number of aliphatic imine (C=N–C) groups is 2. The van der Waals surface area contributed by atoms with Gasteiger partial charge in [0.1, 0.15) is 84.6 Å². The zero-order valence-electron chi connectivity index (χ0n) is 73.5. The molecule has 722 valence electrons. The molecule has 0 unspecified atom stereocenters. The van der Waals surface area contributed by atoms with Crippen LogP contribution in [0.5, 0.6) is 0 Å². The van der Waals surface area contributed by atoms with Gasteiger partial charge in [0.15, 0.2) is 11.9 Å². The van der Waals surface area contributed by atoms with Crippen molar-refractivity contribution in [2.75, 3.05) is 52.4 Å². The summed E-state index contributed by atoms with van der Waals surface area (Å²) >= 11 is 0. The van der Waals surface area contributed by atoms with E-state index in [-0.39, 0.29) is 102 Å². The van der Waals surface area contributed by atoms with Gasteiger partial charge in [-0.15, -0.1) is 0 Å². The number of primary amides is 3. The molecule has 20 amide bonds. The normalized spacial score (nSPS) is 14.5. The molecule has 130 heavy (non-hydrogen) atoms. The van der Waals surface area contributed by atoms with Crippen LogP contribution >= 0.6 is 0 Å². The van der Waals surface area contributed by atoms with Crippen LogP contribution in [0.2, 0.25) is 0 Å². The van der Waals surface area contributed by atoms with Gasteiger partial charge in [-0.2, -0.15) is 0 Å². The molecule has 51 heteroatoms. The van der Waals surface area contributed by atoms with Crippen LogP contribution in [0, 0.1) is 0 Å². The topological polar surface area (TPSA) is 871 Å². The molecule has 0 aliphatic rings. The minimum absolute atomic E-state index is 0.0106. The molecule has 0 saturated heterocycles. The third-order valence-corrected chi connectivity index (χ3v) is 19.2. The Labute approximate surface area is 749 Å². The predicted octanol–water partition coefficient (Wildman–Crippen LogP) is -13.6. The SMILES string of the molecule is C[C@H](NC(=O)[C@H](CCC(N)=O)NC(=O)[C@H](CC(N)=O)NC(=O)[C@H](C)NC(=O)[C@H](C)NC(=O)[C@H](CCCCN)NC(=O)[C@H](CCCN=C(N)N)NC(=O)[C@H](C)NC(=O)[C@H](CO)NC(=O)[C@H](CCCCN)NC(=O)[C@H](CCCN=C(N)N)NC(=O)[C@H](C)NC(=O)CNC(=O)[C@@H](NC(=O)[C@H](Cc1ccccc1)NC(=O)CNC(=O)CNC(=O)[C@@H](N)Cc1ccccc1)[C@@H](C)O)C(N)=O. The van der Waals surface area contributed by atoms with E-state index in [9.17, 15) is 106 Å². The summed E-state index contributed by atoms with van der Waals surface area (Å²) in [5.74, 6) is -20.4. The highest BCUT2D eigenvalue weighted by Crippen LogP contribution is 2.12. The van der Waals surface area contributed by atoms with Crippen LogP contribution in [0.15, 0.2) is 70.6 Å². The summed E-state index contributed by atoms with van der Waals surface area (Å²) in [6, 6.07) is -5.54. The van der Waals surface area contributed by atoms with Crippen molar-refractivity contribution in [1.29, 1.82) is 0 Å². The Balaban J connectivity index is 2.27. The summed E-state index contributed by atoms with van der Waals surface area (Å²) in [6.07, 6.45) is -2.97. The molecule has 2 aromatic rings. The van der Waals surface area contributed by atoms with Gasteiger partial charge in [0, 0.05) is 25.9 Å². The number of rotatable bonds is 62. The number of nitrogens with one attached hydrogen (secondary N) is 17. The molecule has 0 radical (unpaired) electrons. The molecule has 51 nitrogen and oxygen atoms in total. The number of nitrogens with two attached hydrogens (primary N) is 10. The van der Waals surface area contributed by atoms with E-state index >= 15 is 0 Å². The molecule has 0 bridgehead atoms. The van der Waals surface area contributed by atoms with Crippen LogP contribution in [0.4, 0.5) is 0 Å². The largest absolute Gasteiger partial charge is 0.394 e. The average Bonchev–Trinajstić information content (AvgIpc) is 0.906. The number of benzene rings is 2. The fourth-order valence-electron chi connectivity index (χ4n) is 11.9. The highest BCUT2D eigenvalue weighted by molar-refractivity contribution is 6.01. The van der Waals surface area contributed by atoms with E-state index in [4.69, 9.17) is 57.3 Å². The molecule has 0 aliphatic heterocycles. The van der Waals surface area contributed by atoms with Crippen molar-refractivity contribution in [2.24, 2.45) is 67.3 Å². The Morgan fingerprint density at radius 3 is 1.09 bits per heavy atom. The molecular weight excluding hydrogens is 1710 g/mol. The third kappa shape index (κ3) is 45.1. The molecule has 0 aliphatic carbocycles. The van der Waals surface area contributed by atoms with E-state index < -0.39 is 260 Å². The molecule has 39 N–H and O–H groups in total. The molecule has 0 fully saturated rings. The molecule has 0 saturated carbocycles. The van der Waals surface area contributed by atoms with Gasteiger partial charge < -0.3 is 158 Å². The first kappa shape index (κ1) is 112. The lowest BCUT2D eigenvalue weighted by molar-refractivity contribution is -0.136. The van der Waals surface area contributed by atoms with Gasteiger partial charge in [0.05, 0.1) is 44.8 Å². The summed E-state index contributed by atoms with van der Waals surface area (Å²) in [5, 5.41) is 61.7. The fraction of sp³-hybridized carbons (Fsp3) is 0.570. The summed E-state index contributed by atoms with van der Waals surface area (Å²) in [5.41, 5.74) is 56.7. The Kier molecular flexibility index (Phi) is 51.8. The Morgan fingerprint density at radius 2 is 0.669 bits per heavy atom. The van der Waals surface area contributed by atoms with Crippen molar-refractivity contribution < 1.29 is 106 Å². The van der Waals surface area contributed by atoms with Gasteiger partial charge in [-0.05, 0) is 143 Å². The van der Waals surface area contributed by atoms with Gasteiger partial charge in [-0.25, -0.2) is 0 Å². The van der Waals surface area contributed by atoms with Crippen molar-refractivity contribution >= 4 is 130 Å². The lowest BCUT2D eigenvalue weighted by atomic mass is 10.0. The van der Waals surface area contributed by atoms with Crippen LogP contribution in [-0.4, -0.2) is 289 Å². The van der Waals surface area contributed by atoms with E-state index in [1.807, 2.05) is 0 Å². The standard InChI is InChI=1S/C79H129N29O22/c1-40(63(85)116)96-70(123)53(27-28-57(83)111)105-74(127)55(35-58(84)112)106-67(120)43(4)97-64(117)42(3)98-69(122)49(23-13-15-29-80)103-71(124)52(26-18-32-91-79(88)89)102-66(119)44(5)99-76(129)56(39-109)107-73(126)50(24-14-16-30-81)104-72(125)51(25-17-31-90-78(86)87)101-65(118)41(2)95-60(114)38-94-77(130)62(45(6)110)108-75(128)54(34-47-21-11-8-12-22-47)100-61(115)37-92-59(113)36-93-68(121)48(82)33-46-19-9-7-10-20-46/h7-12,19-22,40-45,48-56,62,109-110H,13-18,23-39,80-82H2,1-6H3,(H2,83,111)(H2,84,112)(H2,85,116)(H,92,113)(H,93,121)(H,94,130)(H,95,114)(H,96,123)(H,97,117)(H,98,122)(H,99,129)(H,100,115)(H,101,118)(H,102,119)(H,103,124)(H,104,125)(H,105,127)(H,106,120)(H,107,126)(H,108,128)(H4,86,87,90)(H4,88,89,91)/t40-,41-,42-,43-,44-,45+,48-,49-,50-,51-,52-,53-,54-,55-,56-,62-/m0/s1. The maximum Gasteiger partial charge on any atom is 0.245 e. The Bertz CT molecular complexity index is 4220.